The van der Waals surface area contributed by atoms with Gasteiger partial charge in [-0.25, -0.2) is 0 Å². The molecular formula is C57H106Si10. The monoisotopic (exact) mass is 1070 g/mol. The van der Waals surface area contributed by atoms with Crippen LogP contribution in [0.1, 0.15) is 44.4 Å². The SMILES string of the molecule is CC1=C(C)C([Si](c2cc(C)c([Si](C)(C)C)c([Si](C)(C)C)c2[Si](C)(C)C)(c2cc(C)c([Si](C)(C)C)c([Si](C)(C)C)c2[Si](C)(C)C)c2cc(C)c([Si](C)(C)C)c([Si](C)(C)C)c2[Si](C)(C)C)C(C)=C1C. The lowest BCUT2D eigenvalue weighted by Gasteiger charge is -2.51. The van der Waals surface area contributed by atoms with Crippen molar-refractivity contribution in [2.45, 2.75) is 231 Å². The van der Waals surface area contributed by atoms with Gasteiger partial charge < -0.3 is 0 Å². The average molecular weight is 1070 g/mol. The molecule has 0 N–H and O–H groups in total. The summed E-state index contributed by atoms with van der Waals surface area (Å²) in [4.78, 5) is 0. The van der Waals surface area contributed by atoms with Gasteiger partial charge in [-0.3, -0.25) is 0 Å². The van der Waals surface area contributed by atoms with E-state index in [4.69, 9.17) is 0 Å². The van der Waals surface area contributed by atoms with Crippen LogP contribution in [0.3, 0.4) is 0 Å². The molecule has 0 heterocycles. The van der Waals surface area contributed by atoms with Crippen LogP contribution in [-0.2, 0) is 0 Å². The van der Waals surface area contributed by atoms with Gasteiger partial charge in [0.1, 0.15) is 0 Å². The van der Waals surface area contributed by atoms with Gasteiger partial charge in [-0.2, -0.15) is 0 Å². The summed E-state index contributed by atoms with van der Waals surface area (Å²) < 4.78 is 0. The van der Waals surface area contributed by atoms with Crippen LogP contribution < -0.4 is 62.2 Å². The summed E-state index contributed by atoms with van der Waals surface area (Å²) in [6, 6.07) is 8.98. The second kappa shape index (κ2) is 18.1. The zero-order valence-electron chi connectivity index (χ0n) is 50.8. The molecule has 0 atom stereocenters. The molecule has 3 aromatic carbocycles. The van der Waals surface area contributed by atoms with E-state index < -0.39 is 80.7 Å². The smallest absolute Gasteiger partial charge is 0.0656 e. The molecule has 0 unspecified atom stereocenters. The fraction of sp³-hybridized carbons (Fsp3) is 0.614. The minimum absolute atomic E-state index is 0.345. The van der Waals surface area contributed by atoms with E-state index in [1.807, 2.05) is 62.2 Å². The Hall–Kier alpha value is -0.691. The number of aryl methyl sites for hydroxylation is 3. The Labute approximate surface area is 427 Å². The van der Waals surface area contributed by atoms with Gasteiger partial charge in [0.25, 0.3) is 0 Å². The first kappa shape index (κ1) is 58.9. The van der Waals surface area contributed by atoms with Crippen LogP contribution >= 0.6 is 0 Å². The molecule has 0 amide bonds. The molecule has 0 spiro atoms. The molecule has 0 nitrogen and oxygen atoms in total. The van der Waals surface area contributed by atoms with Gasteiger partial charge in [0, 0.05) is 5.54 Å². The zero-order valence-corrected chi connectivity index (χ0v) is 60.8. The predicted octanol–water partition coefficient (Wildman–Crippen LogP) is 11.0. The van der Waals surface area contributed by atoms with Crippen molar-refractivity contribution < 1.29 is 0 Å². The van der Waals surface area contributed by atoms with Crippen LogP contribution in [0.25, 0.3) is 0 Å². The number of hydrogen-bond donors (Lipinski definition) is 0. The molecule has 0 saturated heterocycles. The Kier molecular flexibility index (Phi) is 15.9. The fourth-order valence-electron chi connectivity index (χ4n) is 13.8. The quantitative estimate of drug-likeness (QED) is 0.118. The highest BCUT2D eigenvalue weighted by atomic mass is 28.4. The number of benzene rings is 3. The van der Waals surface area contributed by atoms with Crippen molar-refractivity contribution >= 4 is 143 Å². The third kappa shape index (κ3) is 10.6. The number of hydrogen-bond acceptors (Lipinski definition) is 0. The summed E-state index contributed by atoms with van der Waals surface area (Å²) in [7, 11) is -20.8. The normalized spacial score (nSPS) is 16.0. The highest BCUT2D eigenvalue weighted by Crippen LogP contribution is 2.47. The maximum absolute atomic E-state index is 3.23. The third-order valence-corrected chi connectivity index (χ3v) is 41.8. The molecule has 4 rings (SSSR count). The molecule has 0 aliphatic heterocycles. The van der Waals surface area contributed by atoms with Gasteiger partial charge in [-0.1, -0.05) is 269 Å². The van der Waals surface area contributed by atoms with Crippen molar-refractivity contribution in [1.29, 1.82) is 0 Å². The lowest BCUT2D eigenvalue weighted by atomic mass is 10.1. The summed E-state index contributed by atoms with van der Waals surface area (Å²) in [6.07, 6.45) is 0. The second-order valence-corrected chi connectivity index (χ2v) is 80.0. The van der Waals surface area contributed by atoms with Crippen LogP contribution in [-0.4, -0.2) is 80.7 Å². The number of allylic oxidation sites excluding steroid dienone is 4. The zero-order chi connectivity index (χ0) is 52.7. The van der Waals surface area contributed by atoms with Crippen LogP contribution in [0, 0.1) is 20.8 Å². The molecule has 0 aromatic heterocycles. The van der Waals surface area contributed by atoms with Crippen molar-refractivity contribution in [1.82, 2.24) is 0 Å². The van der Waals surface area contributed by atoms with Gasteiger partial charge in [0.2, 0.25) is 0 Å². The molecule has 0 fully saturated rings. The molecular weight excluding hydrogens is 965 g/mol. The Bertz CT molecular complexity index is 2260. The summed E-state index contributed by atoms with van der Waals surface area (Å²) in [6.45, 7) is 91.7. The molecule has 10 heteroatoms. The van der Waals surface area contributed by atoms with E-state index in [0.29, 0.717) is 5.54 Å². The largest absolute Gasteiger partial charge is 0.158 e. The summed E-state index contributed by atoms with van der Waals surface area (Å²) in [5.41, 5.74) is 11.7. The third-order valence-electron chi connectivity index (χ3n) is 15.6. The maximum Gasteiger partial charge on any atom is 0.158 e. The van der Waals surface area contributed by atoms with Gasteiger partial charge in [0.15, 0.2) is 8.07 Å². The predicted molar refractivity (Wildman–Crippen MR) is 346 cm³/mol. The highest BCUT2D eigenvalue weighted by Gasteiger charge is 2.58. The lowest BCUT2D eigenvalue weighted by Crippen LogP contribution is -2.88. The first-order chi connectivity index (χ1) is 29.4. The first-order valence-electron chi connectivity index (χ1n) is 26.3. The summed E-state index contributed by atoms with van der Waals surface area (Å²) >= 11 is 0. The van der Waals surface area contributed by atoms with Gasteiger partial charge >= 0.3 is 0 Å². The Balaban J connectivity index is 2.98. The van der Waals surface area contributed by atoms with E-state index >= 15 is 0 Å². The standard InChI is InChI=1S/C57H106Si10/c1-38-35-45(52(61(17,18)19)55(64(26,27)28)48(38)58(8,9)10)67(51-43(6)41(4)42(5)44(51)7,46-36-39(2)49(59(11,12)13)56(65(29,30)31)53(46)62(20,21)22)47-37-40(3)50(60(14,15)16)57(66(32,33)34)54(47)63(23,24)25/h35-37,51H,1-34H3. The van der Waals surface area contributed by atoms with Gasteiger partial charge in [0.05, 0.1) is 72.7 Å². The van der Waals surface area contributed by atoms with E-state index in [1.165, 1.54) is 0 Å². The van der Waals surface area contributed by atoms with E-state index in [2.05, 4.69) is 243 Å². The van der Waals surface area contributed by atoms with Gasteiger partial charge in [-0.15, -0.1) is 0 Å². The maximum atomic E-state index is 2.99. The fourth-order valence-corrected chi connectivity index (χ4v) is 56.8. The van der Waals surface area contributed by atoms with E-state index in [9.17, 15) is 0 Å². The first-order valence-corrected chi connectivity index (χ1v) is 59.9. The van der Waals surface area contributed by atoms with Crippen LogP contribution in [0.2, 0.25) is 182 Å². The lowest BCUT2D eigenvalue weighted by molar-refractivity contribution is 1.09. The van der Waals surface area contributed by atoms with Crippen molar-refractivity contribution in [3.63, 3.8) is 0 Å². The Morgan fingerprint density at radius 1 is 0.239 bits per heavy atom. The van der Waals surface area contributed by atoms with Crippen molar-refractivity contribution in [3.05, 3.63) is 57.2 Å². The van der Waals surface area contributed by atoms with E-state index in [-0.39, 0.29) is 0 Å². The average Bonchev–Trinajstić information content (AvgIpc) is 3.25. The Morgan fingerprint density at radius 3 is 0.552 bits per heavy atom. The molecule has 0 saturated carbocycles. The second-order valence-electron chi connectivity index (χ2n) is 31.2. The topological polar surface area (TPSA) is 0 Å². The molecule has 0 bridgehead atoms. The molecule has 1 aliphatic rings. The molecule has 3 aromatic rings. The van der Waals surface area contributed by atoms with Gasteiger partial charge in [-0.05, 0) is 75.2 Å². The summed E-state index contributed by atoms with van der Waals surface area (Å²) in [5, 5.41) is 22.4. The van der Waals surface area contributed by atoms with E-state index in [1.54, 1.807) is 39.0 Å². The molecule has 67 heavy (non-hydrogen) atoms. The number of rotatable bonds is 13. The van der Waals surface area contributed by atoms with Crippen molar-refractivity contribution in [3.8, 4) is 0 Å². The molecule has 0 radical (unpaired) electrons. The minimum Gasteiger partial charge on any atom is -0.0656 e. The van der Waals surface area contributed by atoms with Crippen molar-refractivity contribution in [2.75, 3.05) is 0 Å². The highest BCUT2D eigenvalue weighted by molar-refractivity contribution is 7.23. The van der Waals surface area contributed by atoms with E-state index in [0.717, 1.165) is 0 Å². The summed E-state index contributed by atoms with van der Waals surface area (Å²) in [5.74, 6) is 0. The molecule has 1 aliphatic carbocycles. The van der Waals surface area contributed by atoms with Crippen LogP contribution in [0.4, 0.5) is 0 Å². The minimum atomic E-state index is -3.23. The van der Waals surface area contributed by atoms with Crippen molar-refractivity contribution in [2.24, 2.45) is 0 Å². The molecule has 374 valence electrons. The Morgan fingerprint density at radius 2 is 0.403 bits per heavy atom. The van der Waals surface area contributed by atoms with Crippen LogP contribution in [0.5, 0.6) is 0 Å². The van der Waals surface area contributed by atoms with Crippen LogP contribution in [0.15, 0.2) is 40.5 Å².